The SMILES string of the molecule is C=C1C(C#N)=C(C)C(C(=O)N(C)C)=NN1CCC(C)(C)C. The zero-order valence-electron chi connectivity index (χ0n) is 13.8. The Morgan fingerprint density at radius 1 is 1.43 bits per heavy atom. The molecule has 0 saturated heterocycles. The third-order valence-electron chi connectivity index (χ3n) is 3.35. The molecule has 1 amide bonds. The molecule has 0 aromatic carbocycles. The van der Waals surface area contributed by atoms with E-state index in [2.05, 4.69) is 38.5 Å². The van der Waals surface area contributed by atoms with Gasteiger partial charge < -0.3 is 4.90 Å². The van der Waals surface area contributed by atoms with Gasteiger partial charge in [-0.3, -0.25) is 9.80 Å². The highest BCUT2D eigenvalue weighted by Gasteiger charge is 2.28. The van der Waals surface area contributed by atoms with Crippen LogP contribution in [0.5, 0.6) is 0 Å². The minimum absolute atomic E-state index is 0.143. The van der Waals surface area contributed by atoms with Crippen LogP contribution in [0.1, 0.15) is 34.1 Å². The van der Waals surface area contributed by atoms with Gasteiger partial charge in [0, 0.05) is 26.2 Å². The van der Waals surface area contributed by atoms with Gasteiger partial charge in [-0.2, -0.15) is 10.4 Å². The number of hydrogen-bond donors (Lipinski definition) is 0. The maximum absolute atomic E-state index is 12.2. The Morgan fingerprint density at radius 3 is 2.43 bits per heavy atom. The summed E-state index contributed by atoms with van der Waals surface area (Å²) in [5, 5.41) is 15.4. The molecule has 0 fully saturated rings. The standard InChI is InChI=1S/C16H24N4O/c1-11-13(10-17)12(2)20(9-8-16(3,4)5)18-14(11)15(21)19(6)7/h2,8-9H2,1,3-7H3. The largest absolute Gasteiger partial charge is 0.343 e. The summed E-state index contributed by atoms with van der Waals surface area (Å²) in [5.41, 5.74) is 2.05. The maximum atomic E-state index is 12.2. The van der Waals surface area contributed by atoms with Crippen LogP contribution in [0.2, 0.25) is 0 Å². The predicted molar refractivity (Wildman–Crippen MR) is 84.4 cm³/mol. The summed E-state index contributed by atoms with van der Waals surface area (Å²) in [6.45, 7) is 12.7. The van der Waals surface area contributed by atoms with Gasteiger partial charge in [-0.1, -0.05) is 27.4 Å². The molecule has 0 aromatic heterocycles. The number of amides is 1. The summed E-state index contributed by atoms with van der Waals surface area (Å²) < 4.78 is 0. The Hall–Kier alpha value is -2.09. The van der Waals surface area contributed by atoms with E-state index in [4.69, 9.17) is 0 Å². The highest BCUT2D eigenvalue weighted by atomic mass is 16.2. The van der Waals surface area contributed by atoms with Crippen LogP contribution >= 0.6 is 0 Å². The van der Waals surface area contributed by atoms with Gasteiger partial charge in [0.15, 0.2) is 5.71 Å². The minimum Gasteiger partial charge on any atom is -0.343 e. The molecule has 1 aliphatic heterocycles. The van der Waals surface area contributed by atoms with Crippen LogP contribution < -0.4 is 0 Å². The fourth-order valence-corrected chi connectivity index (χ4v) is 1.91. The molecule has 1 aliphatic rings. The normalized spacial score (nSPS) is 15.8. The van der Waals surface area contributed by atoms with E-state index in [1.165, 1.54) is 4.90 Å². The number of nitriles is 1. The molecular weight excluding hydrogens is 264 g/mol. The van der Waals surface area contributed by atoms with Gasteiger partial charge in [0.05, 0.1) is 11.3 Å². The van der Waals surface area contributed by atoms with Crippen molar-refractivity contribution >= 4 is 11.6 Å². The van der Waals surface area contributed by atoms with Crippen molar-refractivity contribution in [1.29, 1.82) is 5.26 Å². The summed E-state index contributed by atoms with van der Waals surface area (Å²) in [4.78, 5) is 13.7. The number of hydrazone groups is 1. The molecule has 5 nitrogen and oxygen atoms in total. The van der Waals surface area contributed by atoms with Crippen LogP contribution in [0.15, 0.2) is 28.5 Å². The van der Waals surface area contributed by atoms with Crippen molar-refractivity contribution < 1.29 is 4.79 Å². The molecule has 0 aromatic rings. The van der Waals surface area contributed by atoms with Crippen LogP contribution in [-0.4, -0.2) is 42.2 Å². The van der Waals surface area contributed by atoms with Crippen molar-refractivity contribution in [3.63, 3.8) is 0 Å². The fraction of sp³-hybridized carbons (Fsp3) is 0.562. The maximum Gasteiger partial charge on any atom is 0.274 e. The van der Waals surface area contributed by atoms with Crippen LogP contribution in [0.3, 0.4) is 0 Å². The summed E-state index contributed by atoms with van der Waals surface area (Å²) in [6, 6.07) is 2.14. The van der Waals surface area contributed by atoms with Crippen molar-refractivity contribution in [1.82, 2.24) is 9.91 Å². The Kier molecular flexibility index (Phi) is 4.95. The molecule has 0 atom stereocenters. The van der Waals surface area contributed by atoms with E-state index in [1.807, 2.05) is 0 Å². The highest BCUT2D eigenvalue weighted by Crippen LogP contribution is 2.27. The van der Waals surface area contributed by atoms with Gasteiger partial charge in [-0.15, -0.1) is 0 Å². The quantitative estimate of drug-likeness (QED) is 0.802. The molecule has 0 radical (unpaired) electrons. The topological polar surface area (TPSA) is 59.7 Å². The van der Waals surface area contributed by atoms with Gasteiger partial charge >= 0.3 is 0 Å². The van der Waals surface area contributed by atoms with Gasteiger partial charge in [0.2, 0.25) is 0 Å². The lowest BCUT2D eigenvalue weighted by Crippen LogP contribution is -2.37. The summed E-state index contributed by atoms with van der Waals surface area (Å²) in [5.74, 6) is -0.200. The zero-order chi connectivity index (χ0) is 16.4. The lowest BCUT2D eigenvalue weighted by atomic mass is 9.92. The first-order valence-corrected chi connectivity index (χ1v) is 6.97. The highest BCUT2D eigenvalue weighted by molar-refractivity contribution is 6.45. The molecule has 1 rings (SSSR count). The lowest BCUT2D eigenvalue weighted by Gasteiger charge is -2.30. The van der Waals surface area contributed by atoms with Gasteiger partial charge in [0.25, 0.3) is 5.91 Å². The third-order valence-corrected chi connectivity index (χ3v) is 3.35. The van der Waals surface area contributed by atoms with Crippen molar-refractivity contribution in [3.05, 3.63) is 23.4 Å². The van der Waals surface area contributed by atoms with Crippen molar-refractivity contribution in [3.8, 4) is 6.07 Å². The Morgan fingerprint density at radius 2 is 2.00 bits per heavy atom. The number of allylic oxidation sites excluding steroid dienone is 1. The molecule has 0 bridgehead atoms. The van der Waals surface area contributed by atoms with Crippen molar-refractivity contribution in [2.75, 3.05) is 20.6 Å². The molecule has 0 N–H and O–H groups in total. The molecule has 5 heteroatoms. The molecule has 114 valence electrons. The van der Waals surface area contributed by atoms with Gasteiger partial charge in [0.1, 0.15) is 6.07 Å². The van der Waals surface area contributed by atoms with Gasteiger partial charge in [-0.25, -0.2) is 0 Å². The number of carbonyl (C=O) groups is 1. The fourth-order valence-electron chi connectivity index (χ4n) is 1.91. The first-order valence-electron chi connectivity index (χ1n) is 6.97. The van der Waals surface area contributed by atoms with E-state index < -0.39 is 0 Å². The molecule has 0 aliphatic carbocycles. The Balaban J connectivity index is 3.15. The molecule has 0 unspecified atom stereocenters. The van der Waals surface area contributed by atoms with Crippen LogP contribution in [0.25, 0.3) is 0 Å². The first-order chi connectivity index (χ1) is 9.58. The number of rotatable bonds is 3. The summed E-state index contributed by atoms with van der Waals surface area (Å²) in [6.07, 6.45) is 0.886. The predicted octanol–water partition coefficient (Wildman–Crippen LogP) is 2.54. The molecule has 0 spiro atoms. The van der Waals surface area contributed by atoms with E-state index in [0.717, 1.165) is 6.42 Å². The summed E-state index contributed by atoms with van der Waals surface area (Å²) >= 11 is 0. The van der Waals surface area contributed by atoms with E-state index >= 15 is 0 Å². The smallest absolute Gasteiger partial charge is 0.274 e. The van der Waals surface area contributed by atoms with Crippen LogP contribution in [-0.2, 0) is 4.79 Å². The average Bonchev–Trinajstić information content (AvgIpc) is 2.36. The number of carbonyl (C=O) groups excluding carboxylic acids is 1. The van der Waals surface area contributed by atoms with Crippen LogP contribution in [0, 0.1) is 16.7 Å². The van der Waals surface area contributed by atoms with Crippen molar-refractivity contribution in [2.45, 2.75) is 34.1 Å². The van der Waals surface area contributed by atoms with E-state index in [-0.39, 0.29) is 11.3 Å². The van der Waals surface area contributed by atoms with E-state index in [9.17, 15) is 10.1 Å². The lowest BCUT2D eigenvalue weighted by molar-refractivity contribution is -0.121. The second-order valence-electron chi connectivity index (χ2n) is 6.64. The van der Waals surface area contributed by atoms with E-state index in [0.29, 0.717) is 29.1 Å². The van der Waals surface area contributed by atoms with Crippen molar-refractivity contribution in [2.24, 2.45) is 10.5 Å². The molecule has 21 heavy (non-hydrogen) atoms. The number of nitrogens with zero attached hydrogens (tertiary/aromatic N) is 4. The minimum atomic E-state index is -0.200. The zero-order valence-corrected chi connectivity index (χ0v) is 13.8. The van der Waals surface area contributed by atoms with Crippen LogP contribution in [0.4, 0.5) is 0 Å². The molecular formula is C16H24N4O. The van der Waals surface area contributed by atoms with E-state index in [1.54, 1.807) is 26.0 Å². The Bertz CT molecular complexity index is 556. The summed E-state index contributed by atoms with van der Waals surface area (Å²) in [7, 11) is 3.35. The van der Waals surface area contributed by atoms with Gasteiger partial charge in [-0.05, 0) is 18.8 Å². The molecule has 1 heterocycles. The first kappa shape index (κ1) is 17.0. The molecule has 0 saturated carbocycles. The third kappa shape index (κ3) is 3.94. The Labute approximate surface area is 127 Å². The monoisotopic (exact) mass is 288 g/mol. The number of hydrogen-bond acceptors (Lipinski definition) is 4. The average molecular weight is 288 g/mol. The second kappa shape index (κ2) is 6.13. The second-order valence-corrected chi connectivity index (χ2v) is 6.64.